The van der Waals surface area contributed by atoms with Gasteiger partial charge in [-0.2, -0.15) is 5.10 Å². The van der Waals surface area contributed by atoms with Gasteiger partial charge in [0.2, 0.25) is 0 Å². The highest BCUT2D eigenvalue weighted by Gasteiger charge is 2.08. The molecule has 0 unspecified atom stereocenters. The summed E-state index contributed by atoms with van der Waals surface area (Å²) < 4.78 is 12.5. The van der Waals surface area contributed by atoms with E-state index in [4.69, 9.17) is 9.47 Å². The standard InChI is InChI=1S/C17H16I2N2O4/c1-2-24-15-8-11(7-14(19)17(15)23)9-20-21-16(22)10-25-13-5-3-12(18)4-6-13/h3-9,23H,2,10H2,1H3,(H,21,22)/b20-9-. The van der Waals surface area contributed by atoms with E-state index in [0.29, 0.717) is 27.2 Å². The van der Waals surface area contributed by atoms with Gasteiger partial charge in [-0.25, -0.2) is 5.43 Å². The highest BCUT2D eigenvalue weighted by molar-refractivity contribution is 14.1. The maximum Gasteiger partial charge on any atom is 0.277 e. The van der Waals surface area contributed by atoms with Crippen LogP contribution in [0.25, 0.3) is 0 Å². The molecule has 2 aromatic rings. The lowest BCUT2D eigenvalue weighted by Crippen LogP contribution is -2.24. The molecule has 6 nitrogen and oxygen atoms in total. The van der Waals surface area contributed by atoms with E-state index >= 15 is 0 Å². The van der Waals surface area contributed by atoms with Crippen LogP contribution in [0.1, 0.15) is 12.5 Å². The molecule has 0 aromatic heterocycles. The molecule has 25 heavy (non-hydrogen) atoms. The first-order valence-corrected chi connectivity index (χ1v) is 9.51. The third kappa shape index (κ3) is 6.34. The van der Waals surface area contributed by atoms with Gasteiger partial charge in [-0.05, 0) is 94.1 Å². The second-order valence-corrected chi connectivity index (χ2v) is 7.23. The molecule has 0 radical (unpaired) electrons. The summed E-state index contributed by atoms with van der Waals surface area (Å²) in [5.41, 5.74) is 3.10. The molecule has 0 saturated carbocycles. The molecular weight excluding hydrogens is 550 g/mol. The first-order chi connectivity index (χ1) is 12.0. The molecule has 0 saturated heterocycles. The number of rotatable bonds is 7. The quantitative estimate of drug-likeness (QED) is 0.306. The van der Waals surface area contributed by atoms with E-state index in [-0.39, 0.29) is 18.3 Å². The number of phenolic OH excluding ortho intramolecular Hbond substituents is 1. The number of hydrazone groups is 1. The Morgan fingerprint density at radius 2 is 1.96 bits per heavy atom. The molecule has 132 valence electrons. The van der Waals surface area contributed by atoms with Crippen LogP contribution in [0, 0.1) is 7.14 Å². The number of phenols is 1. The van der Waals surface area contributed by atoms with Crippen molar-refractivity contribution in [3.8, 4) is 17.2 Å². The first kappa shape index (κ1) is 19.8. The summed E-state index contributed by atoms with van der Waals surface area (Å²) in [6, 6.07) is 10.8. The average molecular weight is 566 g/mol. The second kappa shape index (κ2) is 9.80. The zero-order chi connectivity index (χ0) is 18.2. The van der Waals surface area contributed by atoms with Crippen molar-refractivity contribution in [3.05, 3.63) is 49.1 Å². The van der Waals surface area contributed by atoms with Crippen molar-refractivity contribution in [1.82, 2.24) is 5.43 Å². The zero-order valence-corrected chi connectivity index (χ0v) is 17.6. The number of carbonyl (C=O) groups excluding carboxylic acids is 1. The molecule has 1 amide bonds. The van der Waals surface area contributed by atoms with E-state index in [1.54, 1.807) is 24.3 Å². The molecule has 0 atom stereocenters. The smallest absolute Gasteiger partial charge is 0.277 e. The molecule has 0 aliphatic heterocycles. The predicted molar refractivity (Wildman–Crippen MR) is 112 cm³/mol. The SMILES string of the molecule is CCOc1cc(/C=N\NC(=O)COc2ccc(I)cc2)cc(I)c1O. The molecule has 8 heteroatoms. The lowest BCUT2D eigenvalue weighted by atomic mass is 10.2. The summed E-state index contributed by atoms with van der Waals surface area (Å²) in [5.74, 6) is 0.723. The van der Waals surface area contributed by atoms with Crippen molar-refractivity contribution in [1.29, 1.82) is 0 Å². The van der Waals surface area contributed by atoms with Crippen LogP contribution in [0.2, 0.25) is 0 Å². The van der Waals surface area contributed by atoms with Crippen molar-refractivity contribution in [3.63, 3.8) is 0 Å². The van der Waals surface area contributed by atoms with E-state index in [2.05, 4.69) is 33.1 Å². The van der Waals surface area contributed by atoms with Crippen molar-refractivity contribution in [2.24, 2.45) is 5.10 Å². The normalized spacial score (nSPS) is 10.7. The van der Waals surface area contributed by atoms with Gasteiger partial charge >= 0.3 is 0 Å². The Bertz CT molecular complexity index is 764. The zero-order valence-electron chi connectivity index (χ0n) is 13.3. The fourth-order valence-corrected chi connectivity index (χ4v) is 2.81. The minimum Gasteiger partial charge on any atom is -0.504 e. The number of nitrogens with zero attached hydrogens (tertiary/aromatic N) is 1. The molecule has 2 aromatic carbocycles. The van der Waals surface area contributed by atoms with E-state index in [0.717, 1.165) is 3.57 Å². The molecule has 0 fully saturated rings. The van der Waals surface area contributed by atoms with Crippen LogP contribution < -0.4 is 14.9 Å². The van der Waals surface area contributed by atoms with Gasteiger partial charge in [-0.3, -0.25) is 4.79 Å². The minimum atomic E-state index is -0.367. The van der Waals surface area contributed by atoms with Gasteiger partial charge in [-0.1, -0.05) is 0 Å². The highest BCUT2D eigenvalue weighted by Crippen LogP contribution is 2.32. The molecule has 0 heterocycles. The summed E-state index contributed by atoms with van der Waals surface area (Å²) in [7, 11) is 0. The second-order valence-electron chi connectivity index (χ2n) is 4.82. The fraction of sp³-hybridized carbons (Fsp3) is 0.176. The summed E-state index contributed by atoms with van der Waals surface area (Å²) in [6.07, 6.45) is 1.48. The average Bonchev–Trinajstić information content (AvgIpc) is 2.59. The van der Waals surface area contributed by atoms with Gasteiger partial charge in [-0.15, -0.1) is 0 Å². The van der Waals surface area contributed by atoms with Crippen molar-refractivity contribution in [2.75, 3.05) is 13.2 Å². The Balaban J connectivity index is 1.89. The fourth-order valence-electron chi connectivity index (χ4n) is 1.82. The maximum absolute atomic E-state index is 11.7. The molecule has 0 bridgehead atoms. The van der Waals surface area contributed by atoms with Crippen molar-refractivity contribution >= 4 is 57.3 Å². The van der Waals surface area contributed by atoms with E-state index in [1.807, 2.05) is 41.6 Å². The van der Waals surface area contributed by atoms with Crippen LogP contribution in [0.15, 0.2) is 41.5 Å². The van der Waals surface area contributed by atoms with E-state index in [1.165, 1.54) is 6.21 Å². The molecule has 0 spiro atoms. The van der Waals surface area contributed by atoms with Crippen LogP contribution in [0.5, 0.6) is 17.2 Å². The third-order valence-corrected chi connectivity index (χ3v) is 4.48. The van der Waals surface area contributed by atoms with Gasteiger partial charge in [0.15, 0.2) is 18.1 Å². The van der Waals surface area contributed by atoms with Crippen LogP contribution >= 0.6 is 45.2 Å². The van der Waals surface area contributed by atoms with E-state index in [9.17, 15) is 9.90 Å². The number of hydrogen-bond donors (Lipinski definition) is 2. The number of benzene rings is 2. The number of amides is 1. The Morgan fingerprint density at radius 1 is 1.24 bits per heavy atom. The number of nitrogens with one attached hydrogen (secondary N) is 1. The van der Waals surface area contributed by atoms with Crippen LogP contribution in [0.3, 0.4) is 0 Å². The highest BCUT2D eigenvalue weighted by atomic mass is 127. The van der Waals surface area contributed by atoms with Crippen LogP contribution in [-0.4, -0.2) is 30.4 Å². The summed E-state index contributed by atoms with van der Waals surface area (Å²) in [4.78, 5) is 11.7. The first-order valence-electron chi connectivity index (χ1n) is 7.35. The molecule has 0 aliphatic carbocycles. The number of carbonyl (C=O) groups is 1. The van der Waals surface area contributed by atoms with E-state index < -0.39 is 0 Å². The summed E-state index contributed by atoms with van der Waals surface area (Å²) in [6.45, 7) is 2.15. The topological polar surface area (TPSA) is 80.2 Å². The lowest BCUT2D eigenvalue weighted by Gasteiger charge is -2.08. The van der Waals surface area contributed by atoms with Crippen molar-refractivity contribution < 1.29 is 19.4 Å². The molecule has 0 aliphatic rings. The Labute approximate surface area is 172 Å². The molecule has 2 N–H and O–H groups in total. The molecular formula is C17H16I2N2O4. The van der Waals surface area contributed by atoms with Crippen molar-refractivity contribution in [2.45, 2.75) is 6.92 Å². The third-order valence-electron chi connectivity index (χ3n) is 2.94. The number of halogens is 2. The molecule has 2 rings (SSSR count). The van der Waals surface area contributed by atoms with Gasteiger partial charge in [0.05, 0.1) is 16.4 Å². The Morgan fingerprint density at radius 3 is 2.64 bits per heavy atom. The maximum atomic E-state index is 11.7. The number of ether oxygens (including phenoxy) is 2. The largest absolute Gasteiger partial charge is 0.504 e. The van der Waals surface area contributed by atoms with Crippen LogP contribution in [-0.2, 0) is 4.79 Å². The summed E-state index contributed by atoms with van der Waals surface area (Å²) >= 11 is 4.20. The Hall–Kier alpha value is -1.56. The monoisotopic (exact) mass is 566 g/mol. The number of aromatic hydroxyl groups is 1. The lowest BCUT2D eigenvalue weighted by molar-refractivity contribution is -0.123. The van der Waals surface area contributed by atoms with Gasteiger partial charge in [0, 0.05) is 3.57 Å². The van der Waals surface area contributed by atoms with Gasteiger partial charge in [0.25, 0.3) is 5.91 Å². The summed E-state index contributed by atoms with van der Waals surface area (Å²) in [5, 5.41) is 13.8. The minimum absolute atomic E-state index is 0.0922. The Kier molecular flexibility index (Phi) is 7.75. The number of hydrogen-bond acceptors (Lipinski definition) is 5. The van der Waals surface area contributed by atoms with Crippen LogP contribution in [0.4, 0.5) is 0 Å². The predicted octanol–water partition coefficient (Wildman–Crippen LogP) is 3.53. The van der Waals surface area contributed by atoms with Gasteiger partial charge < -0.3 is 14.6 Å². The van der Waals surface area contributed by atoms with Gasteiger partial charge in [0.1, 0.15) is 5.75 Å².